The Morgan fingerprint density at radius 1 is 1.03 bits per heavy atom. The molecule has 3 heterocycles. The largest absolute Gasteiger partial charge is 0.493 e. The lowest BCUT2D eigenvalue weighted by Crippen LogP contribution is -2.57. The van der Waals surface area contributed by atoms with Gasteiger partial charge in [0.2, 0.25) is 0 Å². The molecule has 2 aromatic rings. The van der Waals surface area contributed by atoms with Gasteiger partial charge in [-0.2, -0.15) is 0 Å². The molecule has 2 aromatic carbocycles. The summed E-state index contributed by atoms with van der Waals surface area (Å²) in [6.07, 6.45) is 3.19. The molecule has 3 aliphatic heterocycles. The van der Waals surface area contributed by atoms with E-state index in [4.69, 9.17) is 14.2 Å². The summed E-state index contributed by atoms with van der Waals surface area (Å²) in [6.45, 7) is 9.53. The summed E-state index contributed by atoms with van der Waals surface area (Å²) in [4.78, 5) is 17.8. The molecule has 8 heteroatoms. The van der Waals surface area contributed by atoms with Crippen LogP contribution < -0.4 is 10.1 Å². The third kappa shape index (κ3) is 6.47. The zero-order valence-electron chi connectivity index (χ0n) is 22.5. The zero-order chi connectivity index (χ0) is 26.5. The van der Waals surface area contributed by atoms with Gasteiger partial charge in [0.15, 0.2) is 6.29 Å². The second-order valence-electron chi connectivity index (χ2n) is 11.2. The van der Waals surface area contributed by atoms with Crippen LogP contribution in [-0.4, -0.2) is 73.2 Å². The van der Waals surface area contributed by atoms with Crippen molar-refractivity contribution >= 4 is 6.03 Å². The van der Waals surface area contributed by atoms with E-state index in [-0.39, 0.29) is 29.7 Å². The molecule has 5 rings (SSSR count). The number of hydrogen-bond donors (Lipinski definition) is 1. The fraction of sp³-hybridized carbons (Fsp3) is 0.567. The van der Waals surface area contributed by atoms with Crippen LogP contribution in [-0.2, 0) is 22.4 Å². The Morgan fingerprint density at radius 3 is 2.34 bits per heavy atom. The summed E-state index contributed by atoms with van der Waals surface area (Å²) in [6, 6.07) is 14.7. The van der Waals surface area contributed by atoms with Crippen molar-refractivity contribution in [3.05, 3.63) is 65.5 Å². The van der Waals surface area contributed by atoms with Crippen molar-refractivity contribution in [2.45, 2.75) is 63.9 Å². The van der Waals surface area contributed by atoms with Crippen molar-refractivity contribution in [1.29, 1.82) is 0 Å². The maximum absolute atomic E-state index is 13.6. The summed E-state index contributed by atoms with van der Waals surface area (Å²) < 4.78 is 30.7. The average molecular weight is 526 g/mol. The maximum atomic E-state index is 13.6. The highest BCUT2D eigenvalue weighted by molar-refractivity contribution is 5.79. The standard InChI is InChI=1S/C30H40FN3O4/c1-22(2)21-38-26-9-5-24(6-10-26)20-34-27(19-23-3-7-25(31)8-4-23)30(32-29(34)35)12-15-33(16-13-30)14-11-28-36-17-18-37-28/h3-10,22,27-28H,11-21H2,1-2H3,(H,32,35)/t27-/m1/s1. The monoisotopic (exact) mass is 525 g/mol. The lowest BCUT2D eigenvalue weighted by molar-refractivity contribution is -0.0534. The molecule has 0 radical (unpaired) electrons. The number of nitrogens with zero attached hydrogens (tertiary/aromatic N) is 2. The molecule has 1 N–H and O–H groups in total. The van der Waals surface area contributed by atoms with Gasteiger partial charge in [-0.3, -0.25) is 0 Å². The van der Waals surface area contributed by atoms with Gasteiger partial charge in [0, 0.05) is 32.6 Å². The highest BCUT2D eigenvalue weighted by Gasteiger charge is 2.52. The zero-order valence-corrected chi connectivity index (χ0v) is 22.5. The van der Waals surface area contributed by atoms with Crippen molar-refractivity contribution in [3.8, 4) is 5.75 Å². The first-order chi connectivity index (χ1) is 18.4. The van der Waals surface area contributed by atoms with Crippen molar-refractivity contribution in [2.75, 3.05) is 39.5 Å². The number of halogens is 1. The summed E-state index contributed by atoms with van der Waals surface area (Å²) in [7, 11) is 0. The second kappa shape index (κ2) is 12.0. The Labute approximate surface area is 225 Å². The van der Waals surface area contributed by atoms with E-state index in [9.17, 15) is 9.18 Å². The molecule has 1 atom stereocenters. The molecule has 0 aliphatic carbocycles. The van der Waals surface area contributed by atoms with Crippen LogP contribution >= 0.6 is 0 Å². The van der Waals surface area contributed by atoms with Crippen LogP contribution in [0.25, 0.3) is 0 Å². The molecule has 38 heavy (non-hydrogen) atoms. The number of rotatable bonds is 10. The number of ether oxygens (including phenoxy) is 3. The van der Waals surface area contributed by atoms with Gasteiger partial charge >= 0.3 is 6.03 Å². The Kier molecular flexibility index (Phi) is 8.51. The Bertz CT molecular complexity index is 1050. The Hall–Kier alpha value is -2.68. The number of hydrogen-bond acceptors (Lipinski definition) is 5. The quantitative estimate of drug-likeness (QED) is 0.492. The number of piperidine rings is 1. The van der Waals surface area contributed by atoms with E-state index in [1.807, 2.05) is 41.3 Å². The van der Waals surface area contributed by atoms with Gasteiger partial charge in [-0.15, -0.1) is 0 Å². The van der Waals surface area contributed by atoms with E-state index in [2.05, 4.69) is 24.1 Å². The first-order valence-electron chi connectivity index (χ1n) is 13.9. The summed E-state index contributed by atoms with van der Waals surface area (Å²) in [5.41, 5.74) is 1.78. The summed E-state index contributed by atoms with van der Waals surface area (Å²) >= 11 is 0. The molecule has 2 amide bonds. The predicted octanol–water partition coefficient (Wildman–Crippen LogP) is 4.59. The van der Waals surface area contributed by atoms with Crippen LogP contribution in [0, 0.1) is 11.7 Å². The van der Waals surface area contributed by atoms with Gasteiger partial charge in [-0.1, -0.05) is 38.1 Å². The minimum absolute atomic E-state index is 0.0269. The highest BCUT2D eigenvalue weighted by Crippen LogP contribution is 2.37. The third-order valence-corrected chi connectivity index (χ3v) is 7.95. The van der Waals surface area contributed by atoms with Crippen LogP contribution in [0.3, 0.4) is 0 Å². The van der Waals surface area contributed by atoms with Crippen molar-refractivity contribution in [1.82, 2.24) is 15.1 Å². The molecule has 206 valence electrons. The Balaban J connectivity index is 1.28. The number of carbonyl (C=O) groups is 1. The number of urea groups is 1. The smallest absolute Gasteiger partial charge is 0.318 e. The summed E-state index contributed by atoms with van der Waals surface area (Å²) in [5, 5.41) is 3.40. The van der Waals surface area contributed by atoms with E-state index >= 15 is 0 Å². The van der Waals surface area contributed by atoms with E-state index in [1.54, 1.807) is 0 Å². The number of amides is 2. The fourth-order valence-electron chi connectivity index (χ4n) is 5.79. The fourth-order valence-corrected chi connectivity index (χ4v) is 5.79. The van der Waals surface area contributed by atoms with Gasteiger partial charge in [0.25, 0.3) is 0 Å². The second-order valence-corrected chi connectivity index (χ2v) is 11.2. The molecule has 3 saturated heterocycles. The van der Waals surface area contributed by atoms with Crippen LogP contribution in [0.4, 0.5) is 9.18 Å². The number of likely N-dealkylation sites (tertiary alicyclic amines) is 1. The van der Waals surface area contributed by atoms with Gasteiger partial charge in [0.05, 0.1) is 31.4 Å². The predicted molar refractivity (Wildman–Crippen MR) is 143 cm³/mol. The van der Waals surface area contributed by atoms with Gasteiger partial charge in [-0.25, -0.2) is 9.18 Å². The van der Waals surface area contributed by atoms with Gasteiger partial charge in [-0.05, 0) is 60.6 Å². The molecule has 7 nitrogen and oxygen atoms in total. The molecular weight excluding hydrogens is 485 g/mol. The SMILES string of the molecule is CC(C)COc1ccc(CN2C(=O)NC3(CCN(CCC4OCCO4)CC3)[C@H]2Cc2ccc(F)cc2)cc1. The van der Waals surface area contributed by atoms with Crippen LogP contribution in [0.5, 0.6) is 5.75 Å². The lowest BCUT2D eigenvalue weighted by Gasteiger charge is -2.43. The highest BCUT2D eigenvalue weighted by atomic mass is 19.1. The minimum Gasteiger partial charge on any atom is -0.493 e. The first-order valence-corrected chi connectivity index (χ1v) is 13.9. The average Bonchev–Trinajstić information content (AvgIpc) is 3.52. The van der Waals surface area contributed by atoms with Crippen LogP contribution in [0.1, 0.15) is 44.2 Å². The van der Waals surface area contributed by atoms with Crippen LogP contribution in [0.2, 0.25) is 0 Å². The molecule has 0 saturated carbocycles. The topological polar surface area (TPSA) is 63.3 Å². The van der Waals surface area contributed by atoms with E-state index in [1.165, 1.54) is 12.1 Å². The minimum atomic E-state index is -0.317. The maximum Gasteiger partial charge on any atom is 0.318 e. The lowest BCUT2D eigenvalue weighted by atomic mass is 9.78. The van der Waals surface area contributed by atoms with Crippen molar-refractivity contribution < 1.29 is 23.4 Å². The van der Waals surface area contributed by atoms with E-state index in [0.29, 0.717) is 38.7 Å². The molecule has 0 unspecified atom stereocenters. The molecule has 3 fully saturated rings. The molecule has 0 bridgehead atoms. The van der Waals surface area contributed by atoms with Gasteiger partial charge in [0.1, 0.15) is 11.6 Å². The number of carbonyl (C=O) groups excluding carboxylic acids is 1. The van der Waals surface area contributed by atoms with E-state index < -0.39 is 0 Å². The summed E-state index contributed by atoms with van der Waals surface area (Å²) in [5.74, 6) is 1.06. The normalized spacial score (nSPS) is 21.9. The van der Waals surface area contributed by atoms with E-state index in [0.717, 1.165) is 55.8 Å². The van der Waals surface area contributed by atoms with Crippen molar-refractivity contribution in [2.24, 2.45) is 5.92 Å². The molecule has 0 aromatic heterocycles. The van der Waals surface area contributed by atoms with Crippen molar-refractivity contribution in [3.63, 3.8) is 0 Å². The first kappa shape index (κ1) is 26.9. The van der Waals surface area contributed by atoms with Crippen LogP contribution in [0.15, 0.2) is 48.5 Å². The molecule has 3 aliphatic rings. The van der Waals surface area contributed by atoms with Gasteiger partial charge < -0.3 is 29.3 Å². The number of benzene rings is 2. The third-order valence-electron chi connectivity index (χ3n) is 7.95. The molecular formula is C30H40FN3O4. The molecule has 1 spiro atoms. The Morgan fingerprint density at radius 2 is 1.68 bits per heavy atom. The number of nitrogens with one attached hydrogen (secondary N) is 1.